The maximum Gasteiger partial charge on any atom is 0.114 e. The molecule has 0 spiro atoms. The molecule has 0 saturated carbocycles. The highest BCUT2D eigenvalue weighted by molar-refractivity contribution is 5.06. The Morgan fingerprint density at radius 1 is 0.941 bits per heavy atom. The standard InChI is InChI=1S/C15H24O2/c1-5-14(4)16-12-10-8-9-11-13-17-15(6-2)7-3/h5-7H,1-2,4,8-13H2,3H3. The third-order valence-electron chi connectivity index (χ3n) is 2.31. The summed E-state index contributed by atoms with van der Waals surface area (Å²) in [6, 6.07) is 0. The van der Waals surface area contributed by atoms with E-state index in [0.29, 0.717) is 5.76 Å². The zero-order chi connectivity index (χ0) is 12.9. The van der Waals surface area contributed by atoms with Crippen molar-refractivity contribution in [1.29, 1.82) is 0 Å². The fourth-order valence-electron chi connectivity index (χ4n) is 1.27. The van der Waals surface area contributed by atoms with Crippen molar-refractivity contribution in [1.82, 2.24) is 0 Å². The molecule has 0 aromatic carbocycles. The molecule has 0 amide bonds. The molecule has 0 unspecified atom stereocenters. The van der Waals surface area contributed by atoms with E-state index in [1.807, 2.05) is 13.0 Å². The number of rotatable bonds is 11. The van der Waals surface area contributed by atoms with Crippen molar-refractivity contribution < 1.29 is 9.47 Å². The van der Waals surface area contributed by atoms with E-state index in [-0.39, 0.29) is 0 Å². The first-order chi connectivity index (χ1) is 8.24. The summed E-state index contributed by atoms with van der Waals surface area (Å²) >= 11 is 0. The molecule has 0 atom stereocenters. The predicted molar refractivity (Wildman–Crippen MR) is 73.7 cm³/mol. The summed E-state index contributed by atoms with van der Waals surface area (Å²) in [5, 5.41) is 0. The van der Waals surface area contributed by atoms with Gasteiger partial charge in [0.1, 0.15) is 11.5 Å². The van der Waals surface area contributed by atoms with Crippen LogP contribution in [0.5, 0.6) is 0 Å². The molecule has 0 aliphatic carbocycles. The van der Waals surface area contributed by atoms with Crippen LogP contribution in [0, 0.1) is 0 Å². The fourth-order valence-corrected chi connectivity index (χ4v) is 1.27. The molecule has 2 nitrogen and oxygen atoms in total. The maximum absolute atomic E-state index is 5.49. The Morgan fingerprint density at radius 2 is 1.53 bits per heavy atom. The molecule has 2 heteroatoms. The molecular formula is C15H24O2. The fraction of sp³-hybridized carbons (Fsp3) is 0.467. The van der Waals surface area contributed by atoms with Gasteiger partial charge in [0.15, 0.2) is 0 Å². The summed E-state index contributed by atoms with van der Waals surface area (Å²) < 4.78 is 10.8. The zero-order valence-electron chi connectivity index (χ0n) is 10.9. The highest BCUT2D eigenvalue weighted by atomic mass is 16.5. The highest BCUT2D eigenvalue weighted by Gasteiger charge is 1.94. The van der Waals surface area contributed by atoms with Gasteiger partial charge in [-0.05, 0) is 50.8 Å². The molecule has 0 radical (unpaired) electrons. The third kappa shape index (κ3) is 9.49. The van der Waals surface area contributed by atoms with Crippen LogP contribution >= 0.6 is 0 Å². The second-order valence-electron chi connectivity index (χ2n) is 3.68. The lowest BCUT2D eigenvalue weighted by Crippen LogP contribution is -1.95. The SMILES string of the molecule is C=CC(=C)OCCCCCCOC(C=C)=CC. The van der Waals surface area contributed by atoms with Gasteiger partial charge in [-0.25, -0.2) is 0 Å². The predicted octanol–water partition coefficient (Wildman–Crippen LogP) is 4.37. The van der Waals surface area contributed by atoms with Gasteiger partial charge < -0.3 is 9.47 Å². The zero-order valence-corrected chi connectivity index (χ0v) is 10.9. The Kier molecular flexibility index (Phi) is 10.1. The van der Waals surface area contributed by atoms with Gasteiger partial charge in [-0.1, -0.05) is 19.7 Å². The molecule has 0 aliphatic rings. The molecule has 0 bridgehead atoms. The summed E-state index contributed by atoms with van der Waals surface area (Å²) in [6.07, 6.45) is 9.68. The number of allylic oxidation sites excluding steroid dienone is 3. The summed E-state index contributed by atoms with van der Waals surface area (Å²) in [4.78, 5) is 0. The van der Waals surface area contributed by atoms with E-state index >= 15 is 0 Å². The van der Waals surface area contributed by atoms with Gasteiger partial charge in [-0.3, -0.25) is 0 Å². The van der Waals surface area contributed by atoms with Crippen LogP contribution in [0.25, 0.3) is 0 Å². The normalized spacial score (nSPS) is 10.8. The first-order valence-electron chi connectivity index (χ1n) is 6.10. The monoisotopic (exact) mass is 236 g/mol. The van der Waals surface area contributed by atoms with Gasteiger partial charge in [0.05, 0.1) is 13.2 Å². The average molecular weight is 236 g/mol. The minimum atomic E-state index is 0.650. The number of unbranched alkanes of at least 4 members (excludes halogenated alkanes) is 3. The smallest absolute Gasteiger partial charge is 0.114 e. The summed E-state index contributed by atoms with van der Waals surface area (Å²) in [7, 11) is 0. The molecule has 0 saturated heterocycles. The molecule has 17 heavy (non-hydrogen) atoms. The summed E-state index contributed by atoms with van der Waals surface area (Å²) in [6.45, 7) is 14.4. The van der Waals surface area contributed by atoms with Crippen LogP contribution in [0.1, 0.15) is 32.6 Å². The molecule has 96 valence electrons. The molecule has 0 rings (SSSR count). The van der Waals surface area contributed by atoms with Crippen LogP contribution in [-0.4, -0.2) is 13.2 Å². The minimum Gasteiger partial charge on any atom is -0.494 e. The van der Waals surface area contributed by atoms with E-state index in [1.165, 1.54) is 0 Å². The lowest BCUT2D eigenvalue weighted by molar-refractivity contribution is 0.204. The minimum absolute atomic E-state index is 0.650. The molecule has 0 aliphatic heterocycles. The van der Waals surface area contributed by atoms with E-state index in [4.69, 9.17) is 9.47 Å². The van der Waals surface area contributed by atoms with Gasteiger partial charge in [0.2, 0.25) is 0 Å². The van der Waals surface area contributed by atoms with E-state index in [2.05, 4.69) is 19.7 Å². The second-order valence-corrected chi connectivity index (χ2v) is 3.68. The summed E-state index contributed by atoms with van der Waals surface area (Å²) in [5.74, 6) is 1.51. The first-order valence-corrected chi connectivity index (χ1v) is 6.10. The van der Waals surface area contributed by atoms with Gasteiger partial charge in [0.25, 0.3) is 0 Å². The average Bonchev–Trinajstić information content (AvgIpc) is 2.36. The topological polar surface area (TPSA) is 18.5 Å². The molecular weight excluding hydrogens is 212 g/mol. The quantitative estimate of drug-likeness (QED) is 0.301. The van der Waals surface area contributed by atoms with Crippen molar-refractivity contribution in [2.24, 2.45) is 0 Å². The molecule has 0 fully saturated rings. The maximum atomic E-state index is 5.49. The summed E-state index contributed by atoms with van der Waals surface area (Å²) in [5.41, 5.74) is 0. The Labute approximate surface area is 105 Å². The Bertz CT molecular complexity index is 264. The lowest BCUT2D eigenvalue weighted by atomic mass is 10.2. The van der Waals surface area contributed by atoms with Crippen molar-refractivity contribution in [2.75, 3.05) is 13.2 Å². The second kappa shape index (κ2) is 11.1. The van der Waals surface area contributed by atoms with Gasteiger partial charge in [0, 0.05) is 0 Å². The van der Waals surface area contributed by atoms with E-state index in [0.717, 1.165) is 44.7 Å². The van der Waals surface area contributed by atoms with Crippen molar-refractivity contribution in [3.8, 4) is 0 Å². The molecule has 0 heterocycles. The van der Waals surface area contributed by atoms with Crippen LogP contribution in [-0.2, 0) is 9.47 Å². The van der Waals surface area contributed by atoms with Gasteiger partial charge in [-0.2, -0.15) is 0 Å². The Hall–Kier alpha value is -1.44. The highest BCUT2D eigenvalue weighted by Crippen LogP contribution is 2.05. The number of ether oxygens (including phenoxy) is 2. The van der Waals surface area contributed by atoms with Crippen LogP contribution in [0.15, 0.2) is 49.5 Å². The lowest BCUT2D eigenvalue weighted by Gasteiger charge is -2.07. The van der Waals surface area contributed by atoms with Crippen LogP contribution in [0.4, 0.5) is 0 Å². The molecule has 0 aromatic heterocycles. The molecule has 0 N–H and O–H groups in total. The Balaban J connectivity index is 3.27. The van der Waals surface area contributed by atoms with E-state index in [9.17, 15) is 0 Å². The number of hydrogen-bond donors (Lipinski definition) is 0. The largest absolute Gasteiger partial charge is 0.494 e. The van der Waals surface area contributed by atoms with Crippen LogP contribution < -0.4 is 0 Å². The van der Waals surface area contributed by atoms with Crippen LogP contribution in [0.2, 0.25) is 0 Å². The first kappa shape index (κ1) is 15.6. The van der Waals surface area contributed by atoms with Gasteiger partial charge in [-0.15, -0.1) is 0 Å². The van der Waals surface area contributed by atoms with Crippen molar-refractivity contribution >= 4 is 0 Å². The van der Waals surface area contributed by atoms with E-state index in [1.54, 1.807) is 12.2 Å². The van der Waals surface area contributed by atoms with Crippen molar-refractivity contribution in [3.63, 3.8) is 0 Å². The third-order valence-corrected chi connectivity index (χ3v) is 2.31. The Morgan fingerprint density at radius 3 is 2.00 bits per heavy atom. The number of hydrogen-bond acceptors (Lipinski definition) is 2. The van der Waals surface area contributed by atoms with Gasteiger partial charge >= 0.3 is 0 Å². The van der Waals surface area contributed by atoms with Crippen molar-refractivity contribution in [3.05, 3.63) is 49.5 Å². The van der Waals surface area contributed by atoms with E-state index < -0.39 is 0 Å². The van der Waals surface area contributed by atoms with Crippen molar-refractivity contribution in [2.45, 2.75) is 32.6 Å². The van der Waals surface area contributed by atoms with Crippen LogP contribution in [0.3, 0.4) is 0 Å². The molecule has 0 aromatic rings.